The molecule has 1 saturated heterocycles. The van der Waals surface area contributed by atoms with Crippen molar-refractivity contribution in [3.63, 3.8) is 0 Å². The van der Waals surface area contributed by atoms with Crippen LogP contribution in [0.2, 0.25) is 0 Å². The lowest BCUT2D eigenvalue weighted by Gasteiger charge is -2.11. The molecule has 1 heterocycles. The van der Waals surface area contributed by atoms with Crippen LogP contribution in [0.5, 0.6) is 0 Å². The third kappa shape index (κ3) is 3.03. The van der Waals surface area contributed by atoms with Gasteiger partial charge in [-0.2, -0.15) is 0 Å². The van der Waals surface area contributed by atoms with E-state index in [4.69, 9.17) is 0 Å². The van der Waals surface area contributed by atoms with Gasteiger partial charge in [-0.05, 0) is 46.9 Å². The Kier molecular flexibility index (Phi) is 4.01. The minimum Gasteiger partial charge on any atom is -0.303 e. The summed E-state index contributed by atoms with van der Waals surface area (Å²) in [5.41, 5.74) is 4.55. The molecule has 3 amide bonds. The number of halogens is 1. The molecule has 1 aliphatic heterocycles. The van der Waals surface area contributed by atoms with Crippen LogP contribution in [-0.4, -0.2) is 16.8 Å². The molecular formula is C20H15BrN2O2. The molecular weight excluding hydrogens is 380 g/mol. The molecule has 1 N–H and O–H groups in total. The second-order valence-electron chi connectivity index (χ2n) is 6.03. The first-order valence-corrected chi connectivity index (χ1v) is 8.78. The van der Waals surface area contributed by atoms with Gasteiger partial charge in [-0.3, -0.25) is 9.69 Å². The minimum atomic E-state index is -0.383. The summed E-state index contributed by atoms with van der Waals surface area (Å²) >= 11 is 3.38. The number of fused-ring (bicyclic) bond motifs is 1. The molecule has 4 nitrogen and oxygen atoms in total. The van der Waals surface area contributed by atoms with Crippen molar-refractivity contribution in [1.82, 2.24) is 10.2 Å². The van der Waals surface area contributed by atoms with E-state index in [0.29, 0.717) is 5.70 Å². The van der Waals surface area contributed by atoms with Gasteiger partial charge >= 0.3 is 6.03 Å². The third-order valence-corrected chi connectivity index (χ3v) is 4.92. The molecule has 0 unspecified atom stereocenters. The SMILES string of the molecule is O=C1N/C(=C/C2=CCc3ccccc32)C(=O)N1Cc1ccc(Br)cc1. The molecule has 5 heteroatoms. The van der Waals surface area contributed by atoms with E-state index in [-0.39, 0.29) is 18.5 Å². The maximum Gasteiger partial charge on any atom is 0.329 e. The summed E-state index contributed by atoms with van der Waals surface area (Å²) in [4.78, 5) is 26.1. The quantitative estimate of drug-likeness (QED) is 0.631. The first-order valence-electron chi connectivity index (χ1n) is 7.99. The van der Waals surface area contributed by atoms with Gasteiger partial charge in [-0.25, -0.2) is 4.79 Å². The topological polar surface area (TPSA) is 49.4 Å². The number of hydrogen-bond acceptors (Lipinski definition) is 2. The third-order valence-electron chi connectivity index (χ3n) is 4.39. The minimum absolute atomic E-state index is 0.255. The Morgan fingerprint density at radius 3 is 2.64 bits per heavy atom. The first-order chi connectivity index (χ1) is 12.1. The zero-order valence-corrected chi connectivity index (χ0v) is 14.9. The number of nitrogens with one attached hydrogen (secondary N) is 1. The van der Waals surface area contributed by atoms with Crippen LogP contribution >= 0.6 is 15.9 Å². The largest absolute Gasteiger partial charge is 0.329 e. The van der Waals surface area contributed by atoms with Crippen molar-refractivity contribution in [2.45, 2.75) is 13.0 Å². The van der Waals surface area contributed by atoms with Gasteiger partial charge in [-0.15, -0.1) is 0 Å². The van der Waals surface area contributed by atoms with E-state index >= 15 is 0 Å². The molecule has 1 aliphatic carbocycles. The highest BCUT2D eigenvalue weighted by Gasteiger charge is 2.33. The van der Waals surface area contributed by atoms with Crippen LogP contribution in [0.15, 0.2) is 70.9 Å². The monoisotopic (exact) mass is 394 g/mol. The number of imide groups is 1. The summed E-state index contributed by atoms with van der Waals surface area (Å²) in [6.07, 6.45) is 4.70. The van der Waals surface area contributed by atoms with E-state index in [2.05, 4.69) is 33.4 Å². The van der Waals surface area contributed by atoms with Crippen molar-refractivity contribution < 1.29 is 9.59 Å². The molecule has 2 aromatic carbocycles. The average molecular weight is 395 g/mol. The van der Waals surface area contributed by atoms with E-state index in [1.54, 1.807) is 6.08 Å². The van der Waals surface area contributed by atoms with Crippen molar-refractivity contribution in [3.05, 3.63) is 87.5 Å². The van der Waals surface area contributed by atoms with Crippen molar-refractivity contribution in [2.24, 2.45) is 0 Å². The molecule has 0 bridgehead atoms. The lowest BCUT2D eigenvalue weighted by molar-refractivity contribution is -0.123. The predicted octanol–water partition coefficient (Wildman–Crippen LogP) is 4.02. The summed E-state index contributed by atoms with van der Waals surface area (Å²) in [5.74, 6) is -0.293. The molecule has 4 rings (SSSR count). The first kappa shape index (κ1) is 15.8. The highest BCUT2D eigenvalue weighted by Crippen LogP contribution is 2.29. The molecule has 0 spiro atoms. The van der Waals surface area contributed by atoms with Crippen molar-refractivity contribution in [2.75, 3.05) is 0 Å². The second-order valence-corrected chi connectivity index (χ2v) is 6.94. The summed E-state index contributed by atoms with van der Waals surface area (Å²) in [7, 11) is 0. The lowest BCUT2D eigenvalue weighted by Crippen LogP contribution is -2.30. The van der Waals surface area contributed by atoms with Gasteiger partial charge < -0.3 is 5.32 Å². The number of nitrogens with zero attached hydrogens (tertiary/aromatic N) is 1. The summed E-state index contributed by atoms with van der Waals surface area (Å²) in [5, 5.41) is 2.69. The fraction of sp³-hybridized carbons (Fsp3) is 0.100. The number of carbonyl (C=O) groups is 2. The van der Waals surface area contributed by atoms with E-state index < -0.39 is 0 Å². The molecule has 0 radical (unpaired) electrons. The normalized spacial score (nSPS) is 17.7. The maximum absolute atomic E-state index is 12.6. The zero-order chi connectivity index (χ0) is 17.4. The van der Waals surface area contributed by atoms with E-state index in [0.717, 1.165) is 27.6 Å². The fourth-order valence-electron chi connectivity index (χ4n) is 3.09. The summed E-state index contributed by atoms with van der Waals surface area (Å²) in [6.45, 7) is 0.255. The van der Waals surface area contributed by atoms with E-state index in [9.17, 15) is 9.59 Å². The van der Waals surface area contributed by atoms with Crippen LogP contribution in [0, 0.1) is 0 Å². The molecule has 0 aromatic heterocycles. The van der Waals surface area contributed by atoms with Gasteiger partial charge in [-0.1, -0.05) is 58.4 Å². The maximum atomic E-state index is 12.6. The molecule has 2 aromatic rings. The van der Waals surface area contributed by atoms with Crippen LogP contribution in [-0.2, 0) is 17.8 Å². The Balaban J connectivity index is 1.56. The molecule has 25 heavy (non-hydrogen) atoms. The van der Waals surface area contributed by atoms with Gasteiger partial charge in [0.15, 0.2) is 0 Å². The highest BCUT2D eigenvalue weighted by molar-refractivity contribution is 9.10. The Morgan fingerprint density at radius 1 is 1.08 bits per heavy atom. The Morgan fingerprint density at radius 2 is 1.84 bits per heavy atom. The highest BCUT2D eigenvalue weighted by atomic mass is 79.9. The van der Waals surface area contributed by atoms with E-state index in [1.807, 2.05) is 42.5 Å². The number of amides is 3. The van der Waals surface area contributed by atoms with Gasteiger partial charge in [0.1, 0.15) is 5.70 Å². The second kappa shape index (κ2) is 6.33. The molecule has 0 saturated carbocycles. The number of allylic oxidation sites excluding steroid dienone is 3. The van der Waals surface area contributed by atoms with Crippen LogP contribution < -0.4 is 5.32 Å². The van der Waals surface area contributed by atoms with Gasteiger partial charge in [0, 0.05) is 4.47 Å². The van der Waals surface area contributed by atoms with Gasteiger partial charge in [0.25, 0.3) is 5.91 Å². The molecule has 2 aliphatic rings. The predicted molar refractivity (Wildman–Crippen MR) is 99.4 cm³/mol. The molecule has 0 atom stereocenters. The zero-order valence-electron chi connectivity index (χ0n) is 13.3. The van der Waals surface area contributed by atoms with Crippen molar-refractivity contribution in [1.29, 1.82) is 0 Å². The number of benzene rings is 2. The van der Waals surface area contributed by atoms with Crippen LogP contribution in [0.3, 0.4) is 0 Å². The Bertz CT molecular complexity index is 929. The average Bonchev–Trinajstić information content (AvgIpc) is 3.14. The molecule has 124 valence electrons. The van der Waals surface area contributed by atoms with Crippen LogP contribution in [0.4, 0.5) is 4.79 Å². The number of urea groups is 1. The number of rotatable bonds is 3. The van der Waals surface area contributed by atoms with Crippen molar-refractivity contribution in [3.8, 4) is 0 Å². The molecule has 1 fully saturated rings. The Labute approximate surface area is 154 Å². The Hall–Kier alpha value is -2.66. The lowest BCUT2D eigenvalue weighted by atomic mass is 10.1. The number of hydrogen-bond donors (Lipinski definition) is 1. The van der Waals surface area contributed by atoms with Gasteiger partial charge in [0.2, 0.25) is 0 Å². The van der Waals surface area contributed by atoms with Gasteiger partial charge in [0.05, 0.1) is 6.54 Å². The van der Waals surface area contributed by atoms with Crippen molar-refractivity contribution >= 4 is 33.4 Å². The number of carbonyl (C=O) groups excluding carboxylic acids is 2. The smallest absolute Gasteiger partial charge is 0.303 e. The summed E-state index contributed by atoms with van der Waals surface area (Å²) < 4.78 is 0.959. The summed E-state index contributed by atoms with van der Waals surface area (Å²) in [6, 6.07) is 15.3. The van der Waals surface area contributed by atoms with Crippen LogP contribution in [0.25, 0.3) is 5.57 Å². The van der Waals surface area contributed by atoms with E-state index in [1.165, 1.54) is 10.5 Å². The fourth-order valence-corrected chi connectivity index (χ4v) is 3.35. The van der Waals surface area contributed by atoms with Crippen LogP contribution in [0.1, 0.15) is 16.7 Å². The standard InChI is InChI=1S/C20H15BrN2O2/c21-16-9-5-13(6-10-16)12-23-19(24)18(22-20(23)25)11-15-8-7-14-3-1-2-4-17(14)15/h1-6,8-11H,7,12H2,(H,22,25)/b18-11+.